The van der Waals surface area contributed by atoms with Crippen LogP contribution in [0.2, 0.25) is 0 Å². The Morgan fingerprint density at radius 2 is 1.91 bits per heavy atom. The smallest absolute Gasteiger partial charge is 0.251 e. The molecule has 1 aromatic rings. The Balaban J connectivity index is 0.00000242. The third-order valence-electron chi connectivity index (χ3n) is 4.18. The highest BCUT2D eigenvalue weighted by atomic mass is 35.5. The Bertz CT molecular complexity index is 463. The number of nitrogens with one attached hydrogen (secondary N) is 1. The number of carbonyl (C=O) groups is 1. The molecule has 0 radical (unpaired) electrons. The number of nitrogens with two attached hydrogens (primary N) is 1. The number of rotatable bonds is 8. The molecule has 1 unspecified atom stereocenters. The van der Waals surface area contributed by atoms with Gasteiger partial charge in [0.1, 0.15) is 0 Å². The van der Waals surface area contributed by atoms with Crippen molar-refractivity contribution in [3.63, 3.8) is 0 Å². The molecule has 1 amide bonds. The monoisotopic (exact) mass is 361 g/mol. The van der Waals surface area contributed by atoms with Gasteiger partial charge in [-0.3, -0.25) is 4.79 Å². The highest BCUT2D eigenvalue weighted by Gasteiger charge is 2.31. The normalized spacial score (nSPS) is 14.2. The van der Waals surface area contributed by atoms with E-state index in [1.165, 1.54) is 25.7 Å². The van der Waals surface area contributed by atoms with E-state index in [1.54, 1.807) is 0 Å². The molecule has 2 rings (SSSR count). The fourth-order valence-electron chi connectivity index (χ4n) is 2.51. The van der Waals surface area contributed by atoms with Crippen LogP contribution in [0.1, 0.15) is 43.0 Å². The Morgan fingerprint density at radius 3 is 2.39 bits per heavy atom. The van der Waals surface area contributed by atoms with Crippen LogP contribution in [0.4, 0.5) is 5.69 Å². The quantitative estimate of drug-likeness (QED) is 0.747. The second-order valence-corrected chi connectivity index (χ2v) is 5.98. The highest BCUT2D eigenvalue weighted by Crippen LogP contribution is 2.32. The number of nitrogens with zero attached hydrogens (tertiary/aromatic N) is 1. The van der Waals surface area contributed by atoms with Gasteiger partial charge in [0.2, 0.25) is 0 Å². The average molecular weight is 362 g/mol. The Morgan fingerprint density at radius 1 is 1.30 bits per heavy atom. The van der Waals surface area contributed by atoms with Crippen molar-refractivity contribution in [2.75, 3.05) is 25.0 Å². The zero-order valence-corrected chi connectivity index (χ0v) is 15.6. The molecule has 1 saturated carbocycles. The van der Waals surface area contributed by atoms with E-state index in [-0.39, 0.29) is 36.8 Å². The summed E-state index contributed by atoms with van der Waals surface area (Å²) in [4.78, 5) is 14.4. The third-order valence-corrected chi connectivity index (χ3v) is 4.18. The van der Waals surface area contributed by atoms with Gasteiger partial charge >= 0.3 is 0 Å². The summed E-state index contributed by atoms with van der Waals surface area (Å²) in [6, 6.07) is 7.95. The first kappa shape index (κ1) is 22.0. The molecule has 1 aliphatic rings. The van der Waals surface area contributed by atoms with Crippen molar-refractivity contribution in [1.29, 1.82) is 0 Å². The van der Waals surface area contributed by atoms with Crippen LogP contribution < -0.4 is 16.0 Å². The van der Waals surface area contributed by atoms with Crippen LogP contribution in [0.5, 0.6) is 0 Å². The summed E-state index contributed by atoms with van der Waals surface area (Å²) in [6.45, 7) is 3.75. The lowest BCUT2D eigenvalue weighted by molar-refractivity contribution is 0.0933. The van der Waals surface area contributed by atoms with Gasteiger partial charge in [-0.2, -0.15) is 0 Å². The van der Waals surface area contributed by atoms with Gasteiger partial charge in [-0.1, -0.05) is 13.3 Å². The summed E-state index contributed by atoms with van der Waals surface area (Å²) in [6.07, 6.45) is 4.73. The molecule has 3 N–H and O–H groups in total. The minimum absolute atomic E-state index is 0. The second kappa shape index (κ2) is 10.7. The molecule has 132 valence electrons. The maximum absolute atomic E-state index is 12.2. The molecule has 0 aliphatic heterocycles. The number of benzene rings is 1. The average Bonchev–Trinajstić information content (AvgIpc) is 3.35. The van der Waals surface area contributed by atoms with E-state index < -0.39 is 0 Å². The second-order valence-electron chi connectivity index (χ2n) is 5.98. The van der Waals surface area contributed by atoms with Crippen LogP contribution >= 0.6 is 24.8 Å². The van der Waals surface area contributed by atoms with E-state index in [1.807, 2.05) is 24.3 Å². The van der Waals surface area contributed by atoms with E-state index in [2.05, 4.69) is 24.2 Å². The molecule has 4 nitrogen and oxygen atoms in total. The van der Waals surface area contributed by atoms with Crippen LogP contribution in [0.15, 0.2) is 24.3 Å². The van der Waals surface area contributed by atoms with Gasteiger partial charge in [0, 0.05) is 37.4 Å². The van der Waals surface area contributed by atoms with Crippen LogP contribution in [-0.4, -0.2) is 32.1 Å². The van der Waals surface area contributed by atoms with Gasteiger partial charge in [0.25, 0.3) is 5.91 Å². The van der Waals surface area contributed by atoms with Gasteiger partial charge in [-0.25, -0.2) is 0 Å². The maximum atomic E-state index is 12.2. The van der Waals surface area contributed by atoms with Gasteiger partial charge in [0.15, 0.2) is 0 Å². The predicted molar refractivity (Wildman–Crippen MR) is 102 cm³/mol. The van der Waals surface area contributed by atoms with E-state index in [9.17, 15) is 4.79 Å². The molecule has 1 fully saturated rings. The van der Waals surface area contributed by atoms with Crippen molar-refractivity contribution >= 4 is 36.4 Å². The summed E-state index contributed by atoms with van der Waals surface area (Å²) in [5.74, 6) is 0.568. The van der Waals surface area contributed by atoms with Crippen molar-refractivity contribution < 1.29 is 4.79 Å². The lowest BCUT2D eigenvalue weighted by Crippen LogP contribution is -2.41. The Labute approximate surface area is 152 Å². The number of halogens is 2. The van der Waals surface area contributed by atoms with E-state index >= 15 is 0 Å². The highest BCUT2D eigenvalue weighted by molar-refractivity contribution is 5.94. The molecule has 1 aromatic carbocycles. The topological polar surface area (TPSA) is 58.4 Å². The van der Waals surface area contributed by atoms with E-state index in [0.29, 0.717) is 18.0 Å². The van der Waals surface area contributed by atoms with Crippen LogP contribution in [-0.2, 0) is 0 Å². The van der Waals surface area contributed by atoms with E-state index in [0.717, 1.165) is 12.2 Å². The summed E-state index contributed by atoms with van der Waals surface area (Å²) in [5, 5.41) is 3.05. The summed E-state index contributed by atoms with van der Waals surface area (Å²) in [5.41, 5.74) is 7.59. The van der Waals surface area contributed by atoms with Crippen molar-refractivity contribution in [2.45, 2.75) is 38.6 Å². The molecule has 1 atom stereocenters. The van der Waals surface area contributed by atoms with Crippen LogP contribution in [0.25, 0.3) is 0 Å². The first-order valence-electron chi connectivity index (χ1n) is 7.97. The first-order valence-corrected chi connectivity index (χ1v) is 7.97. The van der Waals surface area contributed by atoms with Crippen molar-refractivity contribution in [2.24, 2.45) is 11.7 Å². The molecular formula is C17H29Cl2N3O. The number of hydrogen-bond acceptors (Lipinski definition) is 3. The number of amides is 1. The van der Waals surface area contributed by atoms with Gasteiger partial charge in [-0.05, 0) is 49.4 Å². The van der Waals surface area contributed by atoms with Gasteiger partial charge in [0.05, 0.1) is 0 Å². The molecule has 1 aliphatic carbocycles. The number of hydrogen-bond donors (Lipinski definition) is 2. The van der Waals surface area contributed by atoms with Crippen LogP contribution in [0, 0.1) is 5.92 Å². The van der Waals surface area contributed by atoms with Crippen molar-refractivity contribution in [3.05, 3.63) is 29.8 Å². The zero-order chi connectivity index (χ0) is 15.2. The van der Waals surface area contributed by atoms with Crippen molar-refractivity contribution in [3.8, 4) is 0 Å². The SMILES string of the molecule is CCCCN(C)c1ccc(C(=O)NC(CN)C2CC2)cc1.Cl.Cl. The summed E-state index contributed by atoms with van der Waals surface area (Å²) in [7, 11) is 2.09. The Kier molecular flexibility index (Phi) is 10.3. The standard InChI is InChI=1S/C17H27N3O.2ClH/c1-3-4-11-20(2)15-9-7-14(8-10-15)17(21)19-16(12-18)13-5-6-13;;/h7-10,13,16H,3-6,11-12,18H2,1-2H3,(H,19,21);2*1H. The lowest BCUT2D eigenvalue weighted by Gasteiger charge is -2.20. The van der Waals surface area contributed by atoms with Gasteiger partial charge in [-0.15, -0.1) is 24.8 Å². The minimum atomic E-state index is -0.0138. The first-order chi connectivity index (χ1) is 10.2. The molecule has 0 aromatic heterocycles. The molecular weight excluding hydrogens is 333 g/mol. The zero-order valence-electron chi connectivity index (χ0n) is 14.0. The van der Waals surface area contributed by atoms with Crippen LogP contribution in [0.3, 0.4) is 0 Å². The van der Waals surface area contributed by atoms with E-state index in [4.69, 9.17) is 5.73 Å². The lowest BCUT2D eigenvalue weighted by atomic mass is 10.1. The molecule has 6 heteroatoms. The van der Waals surface area contributed by atoms with Gasteiger partial charge < -0.3 is 16.0 Å². The maximum Gasteiger partial charge on any atom is 0.251 e. The summed E-state index contributed by atoms with van der Waals surface area (Å²) < 4.78 is 0. The van der Waals surface area contributed by atoms with Crippen molar-refractivity contribution in [1.82, 2.24) is 5.32 Å². The molecule has 0 saturated heterocycles. The molecule has 0 bridgehead atoms. The number of anilines is 1. The number of unbranched alkanes of at least 4 members (excludes halogenated alkanes) is 1. The largest absolute Gasteiger partial charge is 0.375 e. The molecule has 23 heavy (non-hydrogen) atoms. The Hall–Kier alpha value is -0.970. The third kappa shape index (κ3) is 6.58. The predicted octanol–water partition coefficient (Wildman–Crippen LogP) is 3.23. The summed E-state index contributed by atoms with van der Waals surface area (Å²) >= 11 is 0. The molecule has 0 heterocycles. The molecule has 0 spiro atoms. The number of carbonyl (C=O) groups excluding carboxylic acids is 1. The minimum Gasteiger partial charge on any atom is -0.375 e. The fraction of sp³-hybridized carbons (Fsp3) is 0.588. The fourth-order valence-corrected chi connectivity index (χ4v) is 2.51.